The summed E-state index contributed by atoms with van der Waals surface area (Å²) in [5, 5.41) is 11.4. The highest BCUT2D eigenvalue weighted by molar-refractivity contribution is 5.90. The number of pyridine rings is 1. The van der Waals surface area contributed by atoms with Crippen LogP contribution < -0.4 is 15.8 Å². The summed E-state index contributed by atoms with van der Waals surface area (Å²) in [4.78, 5) is 17.5. The molecule has 0 amide bonds. The van der Waals surface area contributed by atoms with Crippen LogP contribution >= 0.6 is 0 Å². The van der Waals surface area contributed by atoms with Gasteiger partial charge in [0.2, 0.25) is 0 Å². The Morgan fingerprint density at radius 3 is 2.73 bits per heavy atom. The highest BCUT2D eigenvalue weighted by Gasteiger charge is 2.34. The van der Waals surface area contributed by atoms with Crippen molar-refractivity contribution in [3.63, 3.8) is 0 Å². The minimum absolute atomic E-state index is 0.313. The highest BCUT2D eigenvalue weighted by atomic mass is 16.5. The molecule has 0 bridgehead atoms. The van der Waals surface area contributed by atoms with Crippen molar-refractivity contribution in [3.05, 3.63) is 59.6 Å². The van der Waals surface area contributed by atoms with E-state index in [-0.39, 0.29) is 5.54 Å². The van der Waals surface area contributed by atoms with Gasteiger partial charge in [0.05, 0.1) is 24.4 Å². The number of aromatic nitrogens is 1. The molecule has 33 heavy (non-hydrogen) atoms. The van der Waals surface area contributed by atoms with E-state index in [9.17, 15) is 4.79 Å². The van der Waals surface area contributed by atoms with E-state index >= 15 is 0 Å². The lowest BCUT2D eigenvalue weighted by atomic mass is 9.91. The van der Waals surface area contributed by atoms with Gasteiger partial charge in [-0.2, -0.15) is 0 Å². The van der Waals surface area contributed by atoms with Crippen LogP contribution in [0.15, 0.2) is 48.5 Å². The van der Waals surface area contributed by atoms with Crippen molar-refractivity contribution in [3.8, 4) is 17.0 Å². The van der Waals surface area contributed by atoms with Crippen LogP contribution in [0.5, 0.6) is 5.75 Å². The molecule has 0 unspecified atom stereocenters. The van der Waals surface area contributed by atoms with E-state index in [2.05, 4.69) is 10.3 Å². The molecule has 4 N–H and O–H groups in total. The molecule has 0 spiro atoms. The molecule has 8 nitrogen and oxygen atoms in total. The van der Waals surface area contributed by atoms with E-state index in [1.54, 1.807) is 19.2 Å². The van der Waals surface area contributed by atoms with Gasteiger partial charge in [-0.3, -0.25) is 10.4 Å². The number of amidine groups is 1. The van der Waals surface area contributed by atoms with Gasteiger partial charge >= 0.3 is 0 Å². The number of nitrogens with two attached hydrogens (primary N) is 1. The maximum atomic E-state index is 10.9. The number of carbonyl (C=O) groups excluding carboxylic acids is 1. The number of nitrogens with one attached hydrogen (secondary N) is 2. The van der Waals surface area contributed by atoms with Crippen LogP contribution in [-0.2, 0) is 16.0 Å². The van der Waals surface area contributed by atoms with Gasteiger partial charge in [0, 0.05) is 44.0 Å². The van der Waals surface area contributed by atoms with E-state index in [4.69, 9.17) is 20.6 Å². The van der Waals surface area contributed by atoms with Gasteiger partial charge in [-0.1, -0.05) is 12.1 Å². The SMILES string of the molecule is CN/C(=C\C(=N)N1CCCC1)Oc1cc(C=C=O)ccc1-c1ccc(CC2(N)COC2)cn1. The third-order valence-corrected chi connectivity index (χ3v) is 5.85. The summed E-state index contributed by atoms with van der Waals surface area (Å²) in [7, 11) is 1.75. The topological polar surface area (TPSA) is 114 Å². The molecule has 0 atom stereocenters. The average Bonchev–Trinajstić information content (AvgIpc) is 3.34. The van der Waals surface area contributed by atoms with Crippen LogP contribution in [0.3, 0.4) is 0 Å². The fourth-order valence-electron chi connectivity index (χ4n) is 4.00. The van der Waals surface area contributed by atoms with Gasteiger partial charge in [0.25, 0.3) is 0 Å². The number of likely N-dealkylation sites (tertiary alicyclic amines) is 1. The molecule has 2 saturated heterocycles. The summed E-state index contributed by atoms with van der Waals surface area (Å²) in [5.41, 5.74) is 9.17. The van der Waals surface area contributed by atoms with Crippen molar-refractivity contribution in [2.75, 3.05) is 33.4 Å². The average molecular weight is 448 g/mol. The van der Waals surface area contributed by atoms with Crippen LogP contribution in [0.4, 0.5) is 0 Å². The Morgan fingerprint density at radius 1 is 1.33 bits per heavy atom. The number of hydrogen-bond acceptors (Lipinski definition) is 7. The zero-order chi connectivity index (χ0) is 23.3. The van der Waals surface area contributed by atoms with Crippen molar-refractivity contribution in [2.24, 2.45) is 5.73 Å². The number of nitrogens with zero attached hydrogens (tertiary/aromatic N) is 2. The summed E-state index contributed by atoms with van der Waals surface area (Å²) in [6.45, 7) is 2.88. The molecular weight excluding hydrogens is 418 g/mol. The van der Waals surface area contributed by atoms with Gasteiger partial charge in [0.1, 0.15) is 17.5 Å². The number of rotatable bonds is 8. The molecule has 1 aromatic heterocycles. The number of hydrogen-bond donors (Lipinski definition) is 3. The lowest BCUT2D eigenvalue weighted by molar-refractivity contribution is -0.0529. The standard InChI is InChI=1S/C25H29N5O3/c1-28-24(13-23(26)30-9-2-3-10-30)33-22-12-18(8-11-31)4-6-20(22)21-7-5-19(15-29-21)14-25(27)16-32-17-25/h4-8,12-13,15,26,28H,2-3,9-10,14,16-17,27H2,1H3/b24-13+,26-23?. The lowest BCUT2D eigenvalue weighted by Crippen LogP contribution is -2.58. The Bertz CT molecular complexity index is 1080. The molecule has 172 valence electrons. The summed E-state index contributed by atoms with van der Waals surface area (Å²) >= 11 is 0. The summed E-state index contributed by atoms with van der Waals surface area (Å²) in [6.07, 6.45) is 7.74. The van der Waals surface area contributed by atoms with E-state index < -0.39 is 0 Å². The highest BCUT2D eigenvalue weighted by Crippen LogP contribution is 2.32. The van der Waals surface area contributed by atoms with Crippen molar-refractivity contribution in [2.45, 2.75) is 24.8 Å². The second kappa shape index (κ2) is 10.0. The van der Waals surface area contributed by atoms with Gasteiger partial charge in [-0.25, -0.2) is 4.79 Å². The Hall–Kier alpha value is -3.45. The van der Waals surface area contributed by atoms with Crippen LogP contribution in [0, 0.1) is 5.41 Å². The minimum Gasteiger partial charge on any atom is -0.441 e. The van der Waals surface area contributed by atoms with Gasteiger partial charge in [-0.05, 0) is 48.6 Å². The molecule has 0 radical (unpaired) electrons. The second-order valence-electron chi connectivity index (χ2n) is 8.54. The zero-order valence-corrected chi connectivity index (χ0v) is 18.8. The van der Waals surface area contributed by atoms with Gasteiger partial charge in [-0.15, -0.1) is 0 Å². The van der Waals surface area contributed by atoms with E-state index in [1.165, 1.54) is 6.08 Å². The molecule has 0 aliphatic carbocycles. The van der Waals surface area contributed by atoms with Crippen LogP contribution in [0.25, 0.3) is 17.3 Å². The molecule has 4 rings (SSSR count). The Balaban J connectivity index is 1.60. The molecule has 1 aromatic carbocycles. The minimum atomic E-state index is -0.313. The zero-order valence-electron chi connectivity index (χ0n) is 18.8. The lowest BCUT2D eigenvalue weighted by Gasteiger charge is -2.37. The molecule has 2 fully saturated rings. The smallest absolute Gasteiger partial charge is 0.196 e. The fourth-order valence-corrected chi connectivity index (χ4v) is 4.00. The van der Waals surface area contributed by atoms with Gasteiger partial charge < -0.3 is 25.4 Å². The second-order valence-corrected chi connectivity index (χ2v) is 8.54. The van der Waals surface area contributed by atoms with E-state index in [0.29, 0.717) is 42.7 Å². The molecule has 8 heteroatoms. The van der Waals surface area contributed by atoms with Crippen LogP contribution in [0.1, 0.15) is 24.0 Å². The molecule has 3 heterocycles. The van der Waals surface area contributed by atoms with E-state index in [1.807, 2.05) is 41.3 Å². The van der Waals surface area contributed by atoms with Crippen LogP contribution in [-0.4, -0.2) is 60.6 Å². The molecule has 2 aliphatic rings. The largest absolute Gasteiger partial charge is 0.441 e. The maximum Gasteiger partial charge on any atom is 0.196 e. The number of ether oxygens (including phenoxy) is 2. The molecular formula is C25H29N5O3. The maximum absolute atomic E-state index is 10.9. The summed E-state index contributed by atoms with van der Waals surface area (Å²) in [5.74, 6) is 3.17. The van der Waals surface area contributed by atoms with Crippen LogP contribution in [0.2, 0.25) is 0 Å². The summed E-state index contributed by atoms with van der Waals surface area (Å²) < 4.78 is 11.4. The molecule has 0 saturated carbocycles. The Morgan fingerprint density at radius 2 is 2.12 bits per heavy atom. The fraction of sp³-hybridized carbons (Fsp3) is 0.360. The summed E-state index contributed by atoms with van der Waals surface area (Å²) in [6, 6.07) is 9.39. The number of benzene rings is 1. The first-order chi connectivity index (χ1) is 16.0. The third kappa shape index (κ3) is 5.49. The first-order valence-electron chi connectivity index (χ1n) is 11.1. The van der Waals surface area contributed by atoms with Crippen molar-refractivity contribution >= 4 is 17.9 Å². The van der Waals surface area contributed by atoms with Crippen molar-refractivity contribution in [1.82, 2.24) is 15.2 Å². The first-order valence-corrected chi connectivity index (χ1v) is 11.1. The van der Waals surface area contributed by atoms with Crippen molar-refractivity contribution < 1.29 is 14.3 Å². The first kappa shape index (κ1) is 22.7. The van der Waals surface area contributed by atoms with E-state index in [0.717, 1.165) is 42.8 Å². The Kier molecular flexibility index (Phi) is 6.89. The Labute approximate surface area is 193 Å². The molecule has 2 aliphatic heterocycles. The predicted molar refractivity (Wildman–Crippen MR) is 128 cm³/mol. The normalized spacial score (nSPS) is 17.2. The predicted octanol–water partition coefficient (Wildman–Crippen LogP) is 2.38. The quantitative estimate of drug-likeness (QED) is 0.246. The monoisotopic (exact) mass is 447 g/mol. The van der Waals surface area contributed by atoms with Crippen molar-refractivity contribution in [1.29, 1.82) is 5.41 Å². The van der Waals surface area contributed by atoms with Gasteiger partial charge in [0.15, 0.2) is 5.88 Å². The third-order valence-electron chi connectivity index (χ3n) is 5.85. The molecule has 2 aromatic rings.